The zero-order valence-electron chi connectivity index (χ0n) is 17.8. The maximum atomic E-state index is 12.7. The molecule has 1 aromatic heterocycles. The number of H-pyrrole nitrogens is 1. The van der Waals surface area contributed by atoms with Crippen LogP contribution in [0, 0.1) is 0 Å². The number of hydrogen-bond acceptors (Lipinski definition) is 3. The van der Waals surface area contributed by atoms with E-state index >= 15 is 0 Å². The SMILES string of the molecule is O=C(CCc1c[nH]c2ccccc12)N1CCN(C(=O)COC2CCCCCC2)CC1. The number of ether oxygens (including phenoxy) is 1. The lowest BCUT2D eigenvalue weighted by Gasteiger charge is -2.35. The Hall–Kier alpha value is -2.34. The first-order valence-corrected chi connectivity index (χ1v) is 11.4. The number of carbonyl (C=O) groups excluding carboxylic acids is 2. The first-order valence-electron chi connectivity index (χ1n) is 11.4. The van der Waals surface area contributed by atoms with Crippen LogP contribution in [0.5, 0.6) is 0 Å². The van der Waals surface area contributed by atoms with Gasteiger partial charge in [-0.3, -0.25) is 9.59 Å². The van der Waals surface area contributed by atoms with Gasteiger partial charge in [-0.05, 0) is 30.9 Å². The van der Waals surface area contributed by atoms with Gasteiger partial charge in [0.2, 0.25) is 11.8 Å². The normalized spacial score (nSPS) is 18.5. The number of amides is 2. The highest BCUT2D eigenvalue weighted by molar-refractivity contribution is 5.84. The highest BCUT2D eigenvalue weighted by Gasteiger charge is 2.25. The lowest BCUT2D eigenvalue weighted by Crippen LogP contribution is -2.51. The third-order valence-corrected chi connectivity index (χ3v) is 6.51. The Morgan fingerprint density at radius 1 is 0.933 bits per heavy atom. The minimum Gasteiger partial charge on any atom is -0.368 e. The lowest BCUT2D eigenvalue weighted by molar-refractivity contribution is -0.144. The van der Waals surface area contributed by atoms with Crippen LogP contribution in [-0.4, -0.2) is 65.5 Å². The molecule has 2 aromatic rings. The predicted molar refractivity (Wildman–Crippen MR) is 117 cm³/mol. The quantitative estimate of drug-likeness (QED) is 0.740. The van der Waals surface area contributed by atoms with Crippen LogP contribution in [0.15, 0.2) is 30.5 Å². The second kappa shape index (κ2) is 10.1. The van der Waals surface area contributed by atoms with Crippen LogP contribution < -0.4 is 0 Å². The van der Waals surface area contributed by atoms with Crippen molar-refractivity contribution in [3.05, 3.63) is 36.0 Å². The van der Waals surface area contributed by atoms with Crippen molar-refractivity contribution >= 4 is 22.7 Å². The molecule has 162 valence electrons. The van der Waals surface area contributed by atoms with Crippen molar-refractivity contribution in [1.29, 1.82) is 0 Å². The maximum Gasteiger partial charge on any atom is 0.248 e. The molecule has 1 saturated carbocycles. The molecule has 0 atom stereocenters. The van der Waals surface area contributed by atoms with E-state index in [9.17, 15) is 9.59 Å². The van der Waals surface area contributed by atoms with Crippen molar-refractivity contribution in [1.82, 2.24) is 14.8 Å². The first kappa shape index (κ1) is 20.9. The van der Waals surface area contributed by atoms with Crippen molar-refractivity contribution in [2.24, 2.45) is 0 Å². The van der Waals surface area contributed by atoms with Gasteiger partial charge < -0.3 is 19.5 Å². The van der Waals surface area contributed by atoms with E-state index in [1.54, 1.807) is 0 Å². The molecule has 0 unspecified atom stereocenters. The molecule has 1 aliphatic carbocycles. The molecule has 6 heteroatoms. The number of aryl methyl sites for hydroxylation is 1. The molecule has 0 radical (unpaired) electrons. The highest BCUT2D eigenvalue weighted by Crippen LogP contribution is 2.21. The maximum absolute atomic E-state index is 12.7. The number of para-hydroxylation sites is 1. The second-order valence-corrected chi connectivity index (χ2v) is 8.55. The summed E-state index contributed by atoms with van der Waals surface area (Å²) in [5.74, 6) is 0.229. The fourth-order valence-electron chi connectivity index (χ4n) is 4.63. The topological polar surface area (TPSA) is 65.6 Å². The largest absolute Gasteiger partial charge is 0.368 e. The third-order valence-electron chi connectivity index (χ3n) is 6.51. The average Bonchev–Trinajstić information content (AvgIpc) is 3.01. The molecular weight excluding hydrogens is 378 g/mol. The fraction of sp³-hybridized carbons (Fsp3) is 0.583. The zero-order chi connectivity index (χ0) is 20.8. The monoisotopic (exact) mass is 411 g/mol. The van der Waals surface area contributed by atoms with E-state index in [4.69, 9.17) is 4.74 Å². The molecule has 2 amide bonds. The average molecular weight is 412 g/mol. The molecule has 4 rings (SSSR count). The van der Waals surface area contributed by atoms with Gasteiger partial charge in [-0.25, -0.2) is 0 Å². The van der Waals surface area contributed by atoms with Crippen molar-refractivity contribution in [2.75, 3.05) is 32.8 Å². The molecule has 1 aliphatic heterocycles. The lowest BCUT2D eigenvalue weighted by atomic mass is 10.1. The molecule has 0 spiro atoms. The Balaban J connectivity index is 1.19. The number of hydrogen-bond donors (Lipinski definition) is 1. The molecule has 0 bridgehead atoms. The second-order valence-electron chi connectivity index (χ2n) is 8.55. The Labute approximate surface area is 178 Å². The van der Waals surface area contributed by atoms with Gasteiger partial charge >= 0.3 is 0 Å². The highest BCUT2D eigenvalue weighted by atomic mass is 16.5. The zero-order valence-corrected chi connectivity index (χ0v) is 17.8. The molecule has 2 heterocycles. The standard InChI is InChI=1S/C24H33N3O3/c28-23(12-11-19-17-25-22-10-6-5-9-21(19)22)26-13-15-27(16-14-26)24(29)18-30-20-7-3-1-2-4-8-20/h5-6,9-10,17,20,25H,1-4,7-8,11-16,18H2. The number of nitrogens with zero attached hydrogens (tertiary/aromatic N) is 2. The Kier molecular flexibility index (Phi) is 7.05. The summed E-state index contributed by atoms with van der Waals surface area (Å²) in [4.78, 5) is 32.2. The Bertz CT molecular complexity index is 846. The Morgan fingerprint density at radius 3 is 2.33 bits per heavy atom. The molecular formula is C24H33N3O3. The van der Waals surface area contributed by atoms with Gasteiger partial charge in [-0.1, -0.05) is 43.9 Å². The van der Waals surface area contributed by atoms with E-state index in [2.05, 4.69) is 17.1 Å². The summed E-state index contributed by atoms with van der Waals surface area (Å²) >= 11 is 0. The number of piperazine rings is 1. The van der Waals surface area contributed by atoms with E-state index in [0.29, 0.717) is 32.6 Å². The van der Waals surface area contributed by atoms with Crippen molar-refractivity contribution in [3.8, 4) is 0 Å². The molecule has 1 N–H and O–H groups in total. The van der Waals surface area contributed by atoms with Crippen LogP contribution in [0.3, 0.4) is 0 Å². The van der Waals surface area contributed by atoms with Crippen molar-refractivity contribution in [3.63, 3.8) is 0 Å². The molecule has 2 aliphatic rings. The number of rotatable bonds is 6. The minimum absolute atomic E-state index is 0.0603. The third kappa shape index (κ3) is 5.22. The molecule has 6 nitrogen and oxygen atoms in total. The molecule has 30 heavy (non-hydrogen) atoms. The van der Waals surface area contributed by atoms with Crippen LogP contribution in [-0.2, 0) is 20.7 Å². The first-order chi connectivity index (χ1) is 14.7. The van der Waals surface area contributed by atoms with Gasteiger partial charge in [0.1, 0.15) is 6.61 Å². The summed E-state index contributed by atoms with van der Waals surface area (Å²) in [6.45, 7) is 2.61. The van der Waals surface area contributed by atoms with Gasteiger partial charge in [0, 0.05) is 49.7 Å². The van der Waals surface area contributed by atoms with Gasteiger partial charge in [-0.15, -0.1) is 0 Å². The fourth-order valence-corrected chi connectivity index (χ4v) is 4.63. The van der Waals surface area contributed by atoms with Gasteiger partial charge in [0.15, 0.2) is 0 Å². The van der Waals surface area contributed by atoms with Gasteiger partial charge in [0.05, 0.1) is 6.10 Å². The number of benzene rings is 1. The summed E-state index contributed by atoms with van der Waals surface area (Å²) in [5.41, 5.74) is 2.29. The number of aromatic amines is 1. The summed E-state index contributed by atoms with van der Waals surface area (Å²) in [5, 5.41) is 1.19. The summed E-state index contributed by atoms with van der Waals surface area (Å²) in [7, 11) is 0. The predicted octanol–water partition coefficient (Wildman–Crippen LogP) is 3.51. The summed E-state index contributed by atoms with van der Waals surface area (Å²) < 4.78 is 5.89. The minimum atomic E-state index is 0.0603. The number of fused-ring (bicyclic) bond motifs is 1. The molecule has 1 saturated heterocycles. The number of nitrogens with one attached hydrogen (secondary N) is 1. The van der Waals surface area contributed by atoms with Gasteiger partial charge in [0.25, 0.3) is 0 Å². The number of aromatic nitrogens is 1. The van der Waals surface area contributed by atoms with E-state index in [1.165, 1.54) is 36.6 Å². The smallest absolute Gasteiger partial charge is 0.248 e. The number of carbonyl (C=O) groups is 2. The molecule has 2 fully saturated rings. The van der Waals surface area contributed by atoms with E-state index in [0.717, 1.165) is 24.8 Å². The van der Waals surface area contributed by atoms with E-state index < -0.39 is 0 Å². The van der Waals surface area contributed by atoms with Crippen LogP contribution in [0.25, 0.3) is 10.9 Å². The molecule has 1 aromatic carbocycles. The Morgan fingerprint density at radius 2 is 1.60 bits per heavy atom. The van der Waals surface area contributed by atoms with Crippen LogP contribution in [0.1, 0.15) is 50.5 Å². The van der Waals surface area contributed by atoms with Crippen LogP contribution in [0.4, 0.5) is 0 Å². The summed E-state index contributed by atoms with van der Waals surface area (Å²) in [6, 6.07) is 8.18. The summed E-state index contributed by atoms with van der Waals surface area (Å²) in [6.07, 6.45) is 10.6. The van der Waals surface area contributed by atoms with Crippen molar-refractivity contribution in [2.45, 2.75) is 57.5 Å². The van der Waals surface area contributed by atoms with E-state index in [-0.39, 0.29) is 24.5 Å². The van der Waals surface area contributed by atoms with E-state index in [1.807, 2.05) is 28.1 Å². The van der Waals surface area contributed by atoms with Crippen LogP contribution >= 0.6 is 0 Å². The van der Waals surface area contributed by atoms with Gasteiger partial charge in [-0.2, -0.15) is 0 Å². The van der Waals surface area contributed by atoms with Crippen LogP contribution in [0.2, 0.25) is 0 Å². The van der Waals surface area contributed by atoms with Crippen molar-refractivity contribution < 1.29 is 14.3 Å².